The van der Waals surface area contributed by atoms with Gasteiger partial charge in [0.05, 0.1) is 18.4 Å². The van der Waals surface area contributed by atoms with Gasteiger partial charge in [0, 0.05) is 17.1 Å². The Hall–Kier alpha value is -2.53. The smallest absolute Gasteiger partial charge is 0.343 e. The van der Waals surface area contributed by atoms with E-state index in [0.29, 0.717) is 16.7 Å². The first kappa shape index (κ1) is 15.9. The molecule has 0 unspecified atom stereocenters. The van der Waals surface area contributed by atoms with Gasteiger partial charge < -0.3 is 14.1 Å². The van der Waals surface area contributed by atoms with E-state index in [1.54, 1.807) is 31.4 Å². The predicted octanol–water partition coefficient (Wildman–Crippen LogP) is 3.39. The first-order valence-electron chi connectivity index (χ1n) is 6.57. The number of esters is 1. The lowest BCUT2D eigenvalue weighted by Gasteiger charge is -2.06. The molecule has 0 amide bonds. The fourth-order valence-electron chi connectivity index (χ4n) is 2.25. The lowest BCUT2D eigenvalue weighted by atomic mass is 10.1. The molecule has 0 fully saturated rings. The molecule has 3 rings (SSSR count). The topological polar surface area (TPSA) is 72.3 Å². The SMILES string of the molecule is CCOC(=O)c1c[nH]c2c(-c3ccco3)cccc2c1=O.Cl. The summed E-state index contributed by atoms with van der Waals surface area (Å²) in [5.74, 6) is 0.0317. The molecule has 2 heterocycles. The molecule has 0 saturated heterocycles. The van der Waals surface area contributed by atoms with Crippen LogP contribution in [0.2, 0.25) is 0 Å². The van der Waals surface area contributed by atoms with E-state index in [9.17, 15) is 9.59 Å². The molecule has 2 aromatic heterocycles. The fraction of sp³-hybridized carbons (Fsp3) is 0.125. The van der Waals surface area contributed by atoms with Gasteiger partial charge in [-0.1, -0.05) is 6.07 Å². The number of ether oxygens (including phenoxy) is 1. The van der Waals surface area contributed by atoms with Crippen LogP contribution in [0.1, 0.15) is 17.3 Å². The number of rotatable bonds is 3. The zero-order valence-electron chi connectivity index (χ0n) is 11.8. The van der Waals surface area contributed by atoms with Gasteiger partial charge in [0.1, 0.15) is 11.3 Å². The minimum atomic E-state index is -0.621. The Morgan fingerprint density at radius 2 is 2.09 bits per heavy atom. The first-order chi connectivity index (χ1) is 10.2. The number of aromatic nitrogens is 1. The van der Waals surface area contributed by atoms with Crippen LogP contribution in [0.3, 0.4) is 0 Å². The van der Waals surface area contributed by atoms with Crippen molar-refractivity contribution >= 4 is 29.3 Å². The number of H-pyrrole nitrogens is 1. The van der Waals surface area contributed by atoms with Crippen LogP contribution in [0.25, 0.3) is 22.2 Å². The van der Waals surface area contributed by atoms with E-state index in [2.05, 4.69) is 4.98 Å². The zero-order chi connectivity index (χ0) is 14.8. The molecule has 0 atom stereocenters. The second-order valence-electron chi connectivity index (χ2n) is 4.46. The molecule has 0 radical (unpaired) electrons. The molecule has 0 aliphatic rings. The highest BCUT2D eigenvalue weighted by atomic mass is 35.5. The Morgan fingerprint density at radius 1 is 1.27 bits per heavy atom. The van der Waals surface area contributed by atoms with Crippen molar-refractivity contribution in [3.8, 4) is 11.3 Å². The van der Waals surface area contributed by atoms with Crippen LogP contribution in [-0.2, 0) is 4.74 Å². The third-order valence-corrected chi connectivity index (χ3v) is 3.20. The third kappa shape index (κ3) is 2.63. The van der Waals surface area contributed by atoms with Crippen molar-refractivity contribution < 1.29 is 13.9 Å². The Labute approximate surface area is 132 Å². The van der Waals surface area contributed by atoms with Crippen molar-refractivity contribution in [3.63, 3.8) is 0 Å². The monoisotopic (exact) mass is 319 g/mol. The van der Waals surface area contributed by atoms with E-state index in [-0.39, 0.29) is 30.0 Å². The first-order valence-corrected chi connectivity index (χ1v) is 6.57. The number of carbonyl (C=O) groups is 1. The highest BCUT2D eigenvalue weighted by Gasteiger charge is 2.16. The van der Waals surface area contributed by atoms with Gasteiger partial charge in [-0.15, -0.1) is 12.4 Å². The molecule has 0 saturated carbocycles. The average molecular weight is 320 g/mol. The molecule has 22 heavy (non-hydrogen) atoms. The van der Waals surface area contributed by atoms with E-state index in [1.807, 2.05) is 12.1 Å². The number of hydrogen-bond donors (Lipinski definition) is 1. The van der Waals surface area contributed by atoms with Crippen LogP contribution in [0.15, 0.2) is 52.0 Å². The van der Waals surface area contributed by atoms with Gasteiger partial charge in [0.15, 0.2) is 0 Å². The molecule has 0 aliphatic carbocycles. The number of aromatic amines is 1. The summed E-state index contributed by atoms with van der Waals surface area (Å²) in [6, 6.07) is 8.86. The number of furan rings is 1. The van der Waals surface area contributed by atoms with E-state index in [4.69, 9.17) is 9.15 Å². The van der Waals surface area contributed by atoms with E-state index in [0.717, 1.165) is 5.56 Å². The van der Waals surface area contributed by atoms with Crippen LogP contribution in [0.5, 0.6) is 0 Å². The average Bonchev–Trinajstić information content (AvgIpc) is 3.01. The second-order valence-corrected chi connectivity index (χ2v) is 4.46. The molecule has 6 heteroatoms. The van der Waals surface area contributed by atoms with Gasteiger partial charge in [-0.25, -0.2) is 4.79 Å². The Bertz CT molecular complexity index is 852. The number of benzene rings is 1. The van der Waals surface area contributed by atoms with Crippen LogP contribution >= 0.6 is 12.4 Å². The number of carbonyl (C=O) groups excluding carboxylic acids is 1. The van der Waals surface area contributed by atoms with Gasteiger partial charge in [0.25, 0.3) is 0 Å². The number of pyridine rings is 1. The lowest BCUT2D eigenvalue weighted by Crippen LogP contribution is -2.18. The van der Waals surface area contributed by atoms with Gasteiger partial charge in [-0.2, -0.15) is 0 Å². The highest BCUT2D eigenvalue weighted by molar-refractivity contribution is 5.97. The van der Waals surface area contributed by atoms with Gasteiger partial charge in [-0.3, -0.25) is 4.79 Å². The predicted molar refractivity (Wildman–Crippen MR) is 85.5 cm³/mol. The highest BCUT2D eigenvalue weighted by Crippen LogP contribution is 2.26. The van der Waals surface area contributed by atoms with Crippen molar-refractivity contribution in [1.82, 2.24) is 4.98 Å². The maximum absolute atomic E-state index is 12.4. The number of para-hydroxylation sites is 1. The van der Waals surface area contributed by atoms with Crippen molar-refractivity contribution in [2.45, 2.75) is 6.92 Å². The number of fused-ring (bicyclic) bond motifs is 1. The van der Waals surface area contributed by atoms with Crippen LogP contribution < -0.4 is 5.43 Å². The molecular weight excluding hydrogens is 306 g/mol. The van der Waals surface area contributed by atoms with E-state index >= 15 is 0 Å². The number of hydrogen-bond acceptors (Lipinski definition) is 4. The summed E-state index contributed by atoms with van der Waals surface area (Å²) in [4.78, 5) is 27.2. The fourth-order valence-corrected chi connectivity index (χ4v) is 2.25. The minimum absolute atomic E-state index is 0. The second kappa shape index (κ2) is 6.49. The van der Waals surface area contributed by atoms with Crippen molar-refractivity contribution in [2.75, 3.05) is 6.61 Å². The molecule has 1 aromatic carbocycles. The molecule has 0 aliphatic heterocycles. The molecular formula is C16H14ClNO4. The van der Waals surface area contributed by atoms with Crippen molar-refractivity contribution in [3.05, 3.63) is 58.6 Å². The molecule has 3 aromatic rings. The summed E-state index contributed by atoms with van der Waals surface area (Å²) in [5, 5.41) is 0.425. The van der Waals surface area contributed by atoms with E-state index in [1.165, 1.54) is 6.20 Å². The van der Waals surface area contributed by atoms with Crippen LogP contribution in [0, 0.1) is 0 Å². The standard InChI is InChI=1S/C16H13NO4.ClH/c1-2-20-16(19)12-9-17-14-10(13-7-4-8-21-13)5-3-6-11(14)15(12)18;/h3-9H,2H2,1H3,(H,17,18);1H. The summed E-state index contributed by atoms with van der Waals surface area (Å²) < 4.78 is 10.3. The van der Waals surface area contributed by atoms with Crippen molar-refractivity contribution in [2.24, 2.45) is 0 Å². The maximum atomic E-state index is 12.4. The van der Waals surface area contributed by atoms with E-state index < -0.39 is 5.97 Å². The zero-order valence-corrected chi connectivity index (χ0v) is 12.6. The summed E-state index contributed by atoms with van der Waals surface area (Å²) in [6.45, 7) is 1.92. The summed E-state index contributed by atoms with van der Waals surface area (Å²) in [5.41, 5.74) is 1.05. The summed E-state index contributed by atoms with van der Waals surface area (Å²) >= 11 is 0. The van der Waals surface area contributed by atoms with Crippen molar-refractivity contribution in [1.29, 1.82) is 0 Å². The summed E-state index contributed by atoms with van der Waals surface area (Å²) in [6.07, 6.45) is 2.95. The normalized spacial score (nSPS) is 10.2. The third-order valence-electron chi connectivity index (χ3n) is 3.20. The number of halogens is 1. The molecule has 0 spiro atoms. The van der Waals surface area contributed by atoms with Gasteiger partial charge >= 0.3 is 5.97 Å². The largest absolute Gasteiger partial charge is 0.464 e. The Kier molecular flexibility index (Phi) is 4.68. The Balaban J connectivity index is 0.00000176. The van der Waals surface area contributed by atoms with Gasteiger partial charge in [0.2, 0.25) is 5.43 Å². The lowest BCUT2D eigenvalue weighted by molar-refractivity contribution is 0.0524. The van der Waals surface area contributed by atoms with Gasteiger partial charge in [-0.05, 0) is 31.2 Å². The maximum Gasteiger partial charge on any atom is 0.343 e. The molecule has 5 nitrogen and oxygen atoms in total. The quantitative estimate of drug-likeness (QED) is 0.751. The number of nitrogens with one attached hydrogen (secondary N) is 1. The molecule has 114 valence electrons. The molecule has 1 N–H and O–H groups in total. The van der Waals surface area contributed by atoms with Crippen LogP contribution in [0.4, 0.5) is 0 Å². The Morgan fingerprint density at radius 3 is 2.77 bits per heavy atom. The summed E-state index contributed by atoms with van der Waals surface area (Å²) in [7, 11) is 0. The molecule has 0 bridgehead atoms. The minimum Gasteiger partial charge on any atom is -0.464 e. The van der Waals surface area contributed by atoms with Crippen LogP contribution in [-0.4, -0.2) is 17.6 Å².